The second kappa shape index (κ2) is 5.36. The molecule has 0 saturated heterocycles. The van der Waals surface area contributed by atoms with E-state index in [2.05, 4.69) is 39.1 Å². The summed E-state index contributed by atoms with van der Waals surface area (Å²) < 4.78 is 0. The Kier molecular flexibility index (Phi) is 5.22. The molecule has 0 aromatic rings. The van der Waals surface area contributed by atoms with Crippen LogP contribution in [0.5, 0.6) is 0 Å². The molecule has 0 fully saturated rings. The van der Waals surface area contributed by atoms with E-state index in [9.17, 15) is 0 Å². The molecule has 0 rings (SSSR count). The molecular weight excluding hydrogens is 134 g/mol. The van der Waals surface area contributed by atoms with E-state index in [1.165, 1.54) is 12.0 Å². The lowest BCUT2D eigenvalue weighted by molar-refractivity contribution is 0.650. The Labute approximate surface area is 70.9 Å². The molecule has 1 N–H and O–H groups in total. The molecule has 0 spiro atoms. The van der Waals surface area contributed by atoms with Gasteiger partial charge in [0.15, 0.2) is 0 Å². The zero-order valence-corrected chi connectivity index (χ0v) is 8.44. The van der Waals surface area contributed by atoms with E-state index in [1.807, 2.05) is 7.05 Å². The topological polar surface area (TPSA) is 12.0 Å². The molecule has 0 radical (unpaired) electrons. The van der Waals surface area contributed by atoms with Crippen molar-refractivity contribution in [3.63, 3.8) is 0 Å². The smallest absolute Gasteiger partial charge is 0.0245 e. The first-order valence-electron chi connectivity index (χ1n) is 4.47. The van der Waals surface area contributed by atoms with Gasteiger partial charge in [-0.05, 0) is 26.8 Å². The average molecular weight is 155 g/mol. The Morgan fingerprint density at radius 1 is 1.45 bits per heavy atom. The Hall–Kier alpha value is -0.300. The number of hydrogen-bond donors (Lipinski definition) is 1. The summed E-state index contributed by atoms with van der Waals surface area (Å²) in [4.78, 5) is 0. The molecule has 2 atom stereocenters. The summed E-state index contributed by atoms with van der Waals surface area (Å²) in [5.41, 5.74) is 1.45. The molecule has 0 saturated carbocycles. The molecule has 1 heteroatoms. The zero-order chi connectivity index (χ0) is 8.85. The highest BCUT2D eigenvalue weighted by Gasteiger charge is 2.01. The van der Waals surface area contributed by atoms with Gasteiger partial charge in [0.05, 0.1) is 0 Å². The van der Waals surface area contributed by atoms with Crippen LogP contribution in [-0.4, -0.2) is 13.1 Å². The van der Waals surface area contributed by atoms with Crippen LogP contribution in [0.3, 0.4) is 0 Å². The Bertz CT molecular complexity index is 127. The molecule has 0 aromatic carbocycles. The van der Waals surface area contributed by atoms with E-state index >= 15 is 0 Å². The second-order valence-corrected chi connectivity index (χ2v) is 3.31. The summed E-state index contributed by atoms with van der Waals surface area (Å²) in [5.74, 6) is 0.714. The lowest BCUT2D eigenvalue weighted by Crippen LogP contribution is -2.22. The van der Waals surface area contributed by atoms with Crippen molar-refractivity contribution in [1.82, 2.24) is 5.32 Å². The van der Waals surface area contributed by atoms with Gasteiger partial charge in [-0.2, -0.15) is 0 Å². The molecule has 0 bridgehead atoms. The maximum atomic E-state index is 3.23. The molecule has 1 nitrogen and oxygen atoms in total. The van der Waals surface area contributed by atoms with Crippen LogP contribution in [0.2, 0.25) is 0 Å². The van der Waals surface area contributed by atoms with Gasteiger partial charge in [0.1, 0.15) is 0 Å². The molecule has 0 amide bonds. The first-order chi connectivity index (χ1) is 5.11. The van der Waals surface area contributed by atoms with Crippen LogP contribution in [-0.2, 0) is 0 Å². The van der Waals surface area contributed by atoms with E-state index in [0.717, 1.165) is 0 Å². The standard InChI is InChI=1S/C10H21N/c1-6-8(2)7-9(3)10(4)11-5/h7-8,10-11H,6H2,1-5H3/b9-7-. The number of hydrogen-bond acceptors (Lipinski definition) is 1. The predicted molar refractivity (Wildman–Crippen MR) is 51.7 cm³/mol. The van der Waals surface area contributed by atoms with Crippen molar-refractivity contribution in [1.29, 1.82) is 0 Å². The van der Waals surface area contributed by atoms with Gasteiger partial charge in [-0.25, -0.2) is 0 Å². The summed E-state index contributed by atoms with van der Waals surface area (Å²) in [7, 11) is 2.00. The van der Waals surface area contributed by atoms with Crippen molar-refractivity contribution in [2.24, 2.45) is 5.92 Å². The van der Waals surface area contributed by atoms with E-state index in [-0.39, 0.29) is 0 Å². The maximum Gasteiger partial charge on any atom is 0.0245 e. The Balaban J connectivity index is 3.98. The summed E-state index contributed by atoms with van der Waals surface area (Å²) in [6, 6.07) is 0.518. The van der Waals surface area contributed by atoms with Crippen LogP contribution in [0.1, 0.15) is 34.1 Å². The molecular formula is C10H21N. The highest BCUT2D eigenvalue weighted by Crippen LogP contribution is 2.08. The van der Waals surface area contributed by atoms with Crippen LogP contribution in [0.4, 0.5) is 0 Å². The fraction of sp³-hybridized carbons (Fsp3) is 0.800. The lowest BCUT2D eigenvalue weighted by atomic mass is 10.0. The maximum absolute atomic E-state index is 3.23. The number of rotatable bonds is 4. The van der Waals surface area contributed by atoms with Crippen LogP contribution in [0, 0.1) is 5.92 Å². The molecule has 0 aromatic heterocycles. The van der Waals surface area contributed by atoms with Crippen LogP contribution in [0.25, 0.3) is 0 Å². The quantitative estimate of drug-likeness (QED) is 0.615. The fourth-order valence-corrected chi connectivity index (χ4v) is 0.939. The second-order valence-electron chi connectivity index (χ2n) is 3.31. The lowest BCUT2D eigenvalue weighted by Gasteiger charge is -2.12. The van der Waals surface area contributed by atoms with Crippen molar-refractivity contribution in [3.8, 4) is 0 Å². The van der Waals surface area contributed by atoms with Gasteiger partial charge in [0.25, 0.3) is 0 Å². The molecule has 66 valence electrons. The highest BCUT2D eigenvalue weighted by atomic mass is 14.9. The third-order valence-corrected chi connectivity index (χ3v) is 2.31. The highest BCUT2D eigenvalue weighted by molar-refractivity contribution is 5.07. The van der Waals surface area contributed by atoms with Crippen LogP contribution < -0.4 is 5.32 Å². The van der Waals surface area contributed by atoms with E-state index in [4.69, 9.17) is 0 Å². The first kappa shape index (κ1) is 10.7. The van der Waals surface area contributed by atoms with Gasteiger partial charge < -0.3 is 5.32 Å². The van der Waals surface area contributed by atoms with Crippen LogP contribution in [0.15, 0.2) is 11.6 Å². The minimum absolute atomic E-state index is 0.518. The SMILES string of the molecule is CCC(C)/C=C(/C)C(C)NC. The summed E-state index contributed by atoms with van der Waals surface area (Å²) in [5, 5.41) is 3.23. The van der Waals surface area contributed by atoms with Crippen molar-refractivity contribution in [2.45, 2.75) is 40.2 Å². The number of allylic oxidation sites excluding steroid dienone is 1. The largest absolute Gasteiger partial charge is 0.314 e. The third kappa shape index (κ3) is 4.20. The molecule has 11 heavy (non-hydrogen) atoms. The molecule has 0 heterocycles. The number of likely N-dealkylation sites (N-methyl/N-ethyl adjacent to an activating group) is 1. The van der Waals surface area contributed by atoms with Gasteiger partial charge in [-0.3, -0.25) is 0 Å². The minimum atomic E-state index is 0.518. The molecule has 0 aliphatic rings. The van der Waals surface area contributed by atoms with Crippen LogP contribution >= 0.6 is 0 Å². The van der Waals surface area contributed by atoms with Gasteiger partial charge in [-0.1, -0.05) is 31.9 Å². The van der Waals surface area contributed by atoms with Gasteiger partial charge >= 0.3 is 0 Å². The Morgan fingerprint density at radius 3 is 2.36 bits per heavy atom. The molecule has 2 unspecified atom stereocenters. The van der Waals surface area contributed by atoms with E-state index < -0.39 is 0 Å². The Morgan fingerprint density at radius 2 is 2.00 bits per heavy atom. The fourth-order valence-electron chi connectivity index (χ4n) is 0.939. The summed E-state index contributed by atoms with van der Waals surface area (Å²) in [6.07, 6.45) is 3.58. The summed E-state index contributed by atoms with van der Waals surface area (Å²) >= 11 is 0. The van der Waals surface area contributed by atoms with Gasteiger partial charge in [-0.15, -0.1) is 0 Å². The van der Waals surface area contributed by atoms with Crippen molar-refractivity contribution in [3.05, 3.63) is 11.6 Å². The van der Waals surface area contributed by atoms with Crippen molar-refractivity contribution >= 4 is 0 Å². The molecule has 0 aliphatic heterocycles. The normalized spacial score (nSPS) is 18.1. The predicted octanol–water partition coefficient (Wildman–Crippen LogP) is 2.59. The van der Waals surface area contributed by atoms with Gasteiger partial charge in [0.2, 0.25) is 0 Å². The monoisotopic (exact) mass is 155 g/mol. The van der Waals surface area contributed by atoms with Gasteiger partial charge in [0, 0.05) is 6.04 Å². The van der Waals surface area contributed by atoms with Crippen molar-refractivity contribution < 1.29 is 0 Å². The van der Waals surface area contributed by atoms with Crippen molar-refractivity contribution in [2.75, 3.05) is 7.05 Å². The first-order valence-corrected chi connectivity index (χ1v) is 4.47. The molecule has 0 aliphatic carbocycles. The zero-order valence-electron chi connectivity index (χ0n) is 8.44. The average Bonchev–Trinajstić information content (AvgIpc) is 2.02. The minimum Gasteiger partial charge on any atom is -0.314 e. The van der Waals surface area contributed by atoms with E-state index in [1.54, 1.807) is 0 Å². The van der Waals surface area contributed by atoms with E-state index in [0.29, 0.717) is 12.0 Å². The number of nitrogens with one attached hydrogen (secondary N) is 1. The third-order valence-electron chi connectivity index (χ3n) is 2.31. The summed E-state index contributed by atoms with van der Waals surface area (Å²) in [6.45, 7) is 8.85.